The van der Waals surface area contributed by atoms with Crippen LogP contribution < -0.4 is 0 Å². The van der Waals surface area contributed by atoms with Crippen LogP contribution in [-0.4, -0.2) is 24.5 Å². The van der Waals surface area contributed by atoms with Crippen molar-refractivity contribution in [1.82, 2.24) is 0 Å². The maximum atomic E-state index is 11.7. The Morgan fingerprint density at radius 3 is 2.60 bits per heavy atom. The second-order valence-corrected chi connectivity index (χ2v) is 4.42. The molecule has 1 heterocycles. The van der Waals surface area contributed by atoms with Gasteiger partial charge in [-0.3, -0.25) is 0 Å². The van der Waals surface area contributed by atoms with Crippen molar-refractivity contribution in [2.75, 3.05) is 13.2 Å². The maximum Gasteiger partial charge on any atom is 0.411 e. The first kappa shape index (κ1) is 13.0. The Bertz CT molecular complexity index is 313. The SMILES string of the molecule is OC(COCC(F)(F)F)c1cscc1Br. The summed E-state index contributed by atoms with van der Waals surface area (Å²) in [5.41, 5.74) is 0.544. The Balaban J connectivity index is 2.37. The predicted octanol–water partition coefficient (Wildman–Crippen LogP) is 3.12. The van der Waals surface area contributed by atoms with E-state index in [2.05, 4.69) is 20.7 Å². The van der Waals surface area contributed by atoms with Crippen LogP contribution in [0.15, 0.2) is 15.2 Å². The molecule has 0 fully saturated rings. The molecule has 15 heavy (non-hydrogen) atoms. The number of thiophene rings is 1. The van der Waals surface area contributed by atoms with Crippen molar-refractivity contribution in [1.29, 1.82) is 0 Å². The van der Waals surface area contributed by atoms with Gasteiger partial charge in [0, 0.05) is 15.4 Å². The molecule has 1 unspecified atom stereocenters. The summed E-state index contributed by atoms with van der Waals surface area (Å²) in [6.45, 7) is -1.71. The third kappa shape index (κ3) is 4.50. The Morgan fingerprint density at radius 1 is 1.47 bits per heavy atom. The molecule has 1 aromatic heterocycles. The van der Waals surface area contributed by atoms with Crippen molar-refractivity contribution in [3.8, 4) is 0 Å². The molecule has 0 aliphatic heterocycles. The number of aliphatic hydroxyl groups is 1. The van der Waals surface area contributed by atoms with Gasteiger partial charge in [0.25, 0.3) is 0 Å². The molecule has 2 nitrogen and oxygen atoms in total. The highest BCUT2D eigenvalue weighted by molar-refractivity contribution is 9.10. The predicted molar refractivity (Wildman–Crippen MR) is 53.9 cm³/mol. The third-order valence-electron chi connectivity index (χ3n) is 1.54. The lowest BCUT2D eigenvalue weighted by molar-refractivity contribution is -0.179. The van der Waals surface area contributed by atoms with Crippen LogP contribution in [-0.2, 0) is 4.74 Å². The van der Waals surface area contributed by atoms with Gasteiger partial charge < -0.3 is 9.84 Å². The molecular weight excluding hydrogens is 297 g/mol. The molecule has 0 bridgehead atoms. The first-order chi connectivity index (χ1) is 6.90. The molecule has 0 amide bonds. The average molecular weight is 305 g/mol. The smallest absolute Gasteiger partial charge is 0.386 e. The number of halogens is 4. The van der Waals surface area contributed by atoms with Gasteiger partial charge in [0.2, 0.25) is 0 Å². The molecule has 0 aromatic carbocycles. The standard InChI is InChI=1S/C8H8BrF3O2S/c9-6-3-15-2-5(6)7(13)1-14-4-8(10,11)12/h2-3,7,13H,1,4H2. The Hall–Kier alpha value is -0.110. The van der Waals surface area contributed by atoms with Gasteiger partial charge in [-0.05, 0) is 21.3 Å². The number of rotatable bonds is 4. The van der Waals surface area contributed by atoms with Crippen LogP contribution in [0.3, 0.4) is 0 Å². The molecule has 1 atom stereocenters. The van der Waals surface area contributed by atoms with Crippen LogP contribution in [0, 0.1) is 0 Å². The highest BCUT2D eigenvalue weighted by atomic mass is 79.9. The number of hydrogen-bond donors (Lipinski definition) is 1. The normalized spacial score (nSPS) is 14.2. The summed E-state index contributed by atoms with van der Waals surface area (Å²) < 4.78 is 40.2. The van der Waals surface area contributed by atoms with E-state index in [1.165, 1.54) is 11.3 Å². The van der Waals surface area contributed by atoms with Crippen LogP contribution in [0.1, 0.15) is 11.7 Å². The van der Waals surface area contributed by atoms with Crippen molar-refractivity contribution < 1.29 is 23.0 Å². The second-order valence-electron chi connectivity index (χ2n) is 2.82. The Labute approximate surface area is 96.8 Å². The molecule has 86 valence electrons. The summed E-state index contributed by atoms with van der Waals surface area (Å²) in [6.07, 6.45) is -5.39. The summed E-state index contributed by atoms with van der Waals surface area (Å²) in [6, 6.07) is 0. The molecule has 1 rings (SSSR count). The molecule has 1 aromatic rings. The first-order valence-electron chi connectivity index (χ1n) is 3.94. The van der Waals surface area contributed by atoms with Crippen LogP contribution >= 0.6 is 27.3 Å². The van der Waals surface area contributed by atoms with E-state index in [1.54, 1.807) is 10.8 Å². The van der Waals surface area contributed by atoms with E-state index in [-0.39, 0.29) is 6.61 Å². The minimum absolute atomic E-state index is 0.366. The molecule has 0 aliphatic carbocycles. The minimum atomic E-state index is -4.36. The van der Waals surface area contributed by atoms with E-state index in [9.17, 15) is 18.3 Å². The van der Waals surface area contributed by atoms with Crippen molar-refractivity contribution >= 4 is 27.3 Å². The second kappa shape index (κ2) is 5.29. The van der Waals surface area contributed by atoms with E-state index >= 15 is 0 Å². The molecule has 0 saturated heterocycles. The summed E-state index contributed by atoms with van der Waals surface area (Å²) in [5, 5.41) is 12.9. The fraction of sp³-hybridized carbons (Fsp3) is 0.500. The van der Waals surface area contributed by atoms with Gasteiger partial charge in [0.05, 0.1) is 6.61 Å². The van der Waals surface area contributed by atoms with Gasteiger partial charge >= 0.3 is 6.18 Å². The summed E-state index contributed by atoms with van der Waals surface area (Å²) >= 11 is 4.52. The Morgan fingerprint density at radius 2 is 2.13 bits per heavy atom. The van der Waals surface area contributed by atoms with Gasteiger partial charge in [0.15, 0.2) is 0 Å². The van der Waals surface area contributed by atoms with Gasteiger partial charge in [-0.2, -0.15) is 24.5 Å². The lowest BCUT2D eigenvalue weighted by Crippen LogP contribution is -2.19. The molecule has 7 heteroatoms. The molecule has 0 spiro atoms. The lowest BCUT2D eigenvalue weighted by Gasteiger charge is -2.12. The van der Waals surface area contributed by atoms with Crippen molar-refractivity contribution in [3.05, 3.63) is 20.8 Å². The fourth-order valence-corrected chi connectivity index (χ4v) is 2.51. The van der Waals surface area contributed by atoms with Crippen LogP contribution in [0.5, 0.6) is 0 Å². The number of alkyl halides is 3. The average Bonchev–Trinajstić information content (AvgIpc) is 2.48. The Kier molecular flexibility index (Phi) is 4.57. The fourth-order valence-electron chi connectivity index (χ4n) is 0.905. The van der Waals surface area contributed by atoms with Crippen molar-refractivity contribution in [3.63, 3.8) is 0 Å². The van der Waals surface area contributed by atoms with Crippen molar-refractivity contribution in [2.45, 2.75) is 12.3 Å². The summed E-state index contributed by atoms with van der Waals surface area (Å²) in [4.78, 5) is 0. The quantitative estimate of drug-likeness (QED) is 0.926. The number of aliphatic hydroxyl groups excluding tert-OH is 1. The number of ether oxygens (including phenoxy) is 1. The minimum Gasteiger partial charge on any atom is -0.386 e. The van der Waals surface area contributed by atoms with E-state index in [1.807, 2.05) is 0 Å². The van der Waals surface area contributed by atoms with Crippen molar-refractivity contribution in [2.24, 2.45) is 0 Å². The summed E-state index contributed by atoms with van der Waals surface area (Å²) in [7, 11) is 0. The van der Waals surface area contributed by atoms with E-state index in [4.69, 9.17) is 0 Å². The topological polar surface area (TPSA) is 29.5 Å². The molecular formula is C8H8BrF3O2S. The third-order valence-corrected chi connectivity index (χ3v) is 3.29. The van der Waals surface area contributed by atoms with Crippen LogP contribution in [0.4, 0.5) is 13.2 Å². The highest BCUT2D eigenvalue weighted by Crippen LogP contribution is 2.27. The zero-order chi connectivity index (χ0) is 11.5. The van der Waals surface area contributed by atoms with Crippen LogP contribution in [0.2, 0.25) is 0 Å². The van der Waals surface area contributed by atoms with Gasteiger partial charge in [-0.25, -0.2) is 0 Å². The monoisotopic (exact) mass is 304 g/mol. The molecule has 1 N–H and O–H groups in total. The zero-order valence-corrected chi connectivity index (χ0v) is 9.82. The molecule has 0 aliphatic rings. The maximum absolute atomic E-state index is 11.7. The van der Waals surface area contributed by atoms with E-state index < -0.39 is 18.9 Å². The molecule has 0 saturated carbocycles. The lowest BCUT2D eigenvalue weighted by atomic mass is 10.2. The zero-order valence-electron chi connectivity index (χ0n) is 7.42. The van der Waals surface area contributed by atoms with E-state index in [0.717, 1.165) is 0 Å². The summed E-state index contributed by atoms with van der Waals surface area (Å²) in [5.74, 6) is 0. The van der Waals surface area contributed by atoms with Gasteiger partial charge in [-0.15, -0.1) is 0 Å². The largest absolute Gasteiger partial charge is 0.411 e. The van der Waals surface area contributed by atoms with E-state index in [0.29, 0.717) is 10.0 Å². The van der Waals surface area contributed by atoms with Gasteiger partial charge in [0.1, 0.15) is 12.7 Å². The van der Waals surface area contributed by atoms with Crippen LogP contribution in [0.25, 0.3) is 0 Å². The molecule has 0 radical (unpaired) electrons. The van der Waals surface area contributed by atoms with Gasteiger partial charge in [-0.1, -0.05) is 0 Å². The highest BCUT2D eigenvalue weighted by Gasteiger charge is 2.28. The first-order valence-corrected chi connectivity index (χ1v) is 5.68. The number of hydrogen-bond acceptors (Lipinski definition) is 3.